The molecule has 1 aromatic heterocycles. The molecule has 0 aliphatic heterocycles. The van der Waals surface area contributed by atoms with Gasteiger partial charge in [0, 0.05) is 24.9 Å². The lowest BCUT2D eigenvalue weighted by atomic mass is 9.79. The average molecular weight is 282 g/mol. The molecule has 1 aliphatic rings. The summed E-state index contributed by atoms with van der Waals surface area (Å²) in [5, 5.41) is 9.22. The quantitative estimate of drug-likeness (QED) is 0.892. The molecule has 0 atom stereocenters. The van der Waals surface area contributed by atoms with E-state index in [1.807, 2.05) is 13.8 Å². The molecule has 6 nitrogen and oxygen atoms in total. The molecule has 1 fully saturated rings. The molecule has 1 aromatic rings. The molecule has 19 heavy (non-hydrogen) atoms. The first kappa shape index (κ1) is 13.9. The van der Waals surface area contributed by atoms with Crippen LogP contribution >= 0.6 is 11.3 Å². The standard InChI is InChI=1S/C12H18N4O2S/c1-6(2)10-14-15-11(19-10)12(18)16(3)8-4-7(5-8)9(13)17/h6-8H,4-5H2,1-3H3,(H2,13,17). The van der Waals surface area contributed by atoms with E-state index in [4.69, 9.17) is 5.73 Å². The highest BCUT2D eigenvalue weighted by molar-refractivity contribution is 7.13. The number of amides is 2. The minimum absolute atomic E-state index is 0.0800. The summed E-state index contributed by atoms with van der Waals surface area (Å²) >= 11 is 1.33. The summed E-state index contributed by atoms with van der Waals surface area (Å²) in [5.41, 5.74) is 5.22. The molecule has 2 amide bonds. The minimum atomic E-state index is -0.282. The third-order valence-corrected chi connectivity index (χ3v) is 4.71. The summed E-state index contributed by atoms with van der Waals surface area (Å²) in [6.07, 6.45) is 1.29. The van der Waals surface area contributed by atoms with Crippen molar-refractivity contribution in [2.45, 2.75) is 38.6 Å². The Hall–Kier alpha value is -1.50. The van der Waals surface area contributed by atoms with E-state index in [0.29, 0.717) is 17.8 Å². The van der Waals surface area contributed by atoms with E-state index in [-0.39, 0.29) is 29.7 Å². The van der Waals surface area contributed by atoms with Crippen molar-refractivity contribution < 1.29 is 9.59 Å². The van der Waals surface area contributed by atoms with Crippen LogP contribution in [-0.2, 0) is 4.79 Å². The molecule has 2 N–H and O–H groups in total. The van der Waals surface area contributed by atoms with Gasteiger partial charge in [0.05, 0.1) is 0 Å². The number of aromatic nitrogens is 2. The van der Waals surface area contributed by atoms with Crippen molar-refractivity contribution in [1.82, 2.24) is 15.1 Å². The Morgan fingerprint density at radius 2 is 2.00 bits per heavy atom. The zero-order chi connectivity index (χ0) is 14.2. The third kappa shape index (κ3) is 2.75. The van der Waals surface area contributed by atoms with Gasteiger partial charge in [-0.15, -0.1) is 10.2 Å². The van der Waals surface area contributed by atoms with Gasteiger partial charge >= 0.3 is 0 Å². The van der Waals surface area contributed by atoms with Crippen molar-refractivity contribution in [3.05, 3.63) is 10.0 Å². The fraction of sp³-hybridized carbons (Fsp3) is 0.667. The van der Waals surface area contributed by atoms with Crippen LogP contribution < -0.4 is 5.73 Å². The average Bonchev–Trinajstić information content (AvgIpc) is 2.74. The van der Waals surface area contributed by atoms with E-state index in [0.717, 1.165) is 5.01 Å². The molecule has 2 rings (SSSR count). The van der Waals surface area contributed by atoms with E-state index >= 15 is 0 Å². The topological polar surface area (TPSA) is 89.2 Å². The number of hydrogen-bond donors (Lipinski definition) is 1. The molecule has 0 radical (unpaired) electrons. The van der Waals surface area contributed by atoms with Gasteiger partial charge in [-0.25, -0.2) is 0 Å². The van der Waals surface area contributed by atoms with Gasteiger partial charge in [-0.1, -0.05) is 25.2 Å². The zero-order valence-corrected chi connectivity index (χ0v) is 12.1. The number of carbonyl (C=O) groups excluding carboxylic acids is 2. The van der Waals surface area contributed by atoms with Crippen LogP contribution in [-0.4, -0.2) is 40.0 Å². The largest absolute Gasteiger partial charge is 0.369 e. The maximum absolute atomic E-state index is 12.2. The summed E-state index contributed by atoms with van der Waals surface area (Å²) in [7, 11) is 1.74. The van der Waals surface area contributed by atoms with Gasteiger partial charge < -0.3 is 10.6 Å². The summed E-state index contributed by atoms with van der Waals surface area (Å²) in [6, 6.07) is 0.0800. The monoisotopic (exact) mass is 282 g/mol. The summed E-state index contributed by atoms with van der Waals surface area (Å²) in [4.78, 5) is 24.8. The van der Waals surface area contributed by atoms with Gasteiger partial charge in [-0.2, -0.15) is 0 Å². The molecule has 1 aliphatic carbocycles. The second-order valence-electron chi connectivity index (χ2n) is 5.24. The van der Waals surface area contributed by atoms with Crippen molar-refractivity contribution in [1.29, 1.82) is 0 Å². The zero-order valence-electron chi connectivity index (χ0n) is 11.3. The molecule has 0 saturated heterocycles. The van der Waals surface area contributed by atoms with Crippen LogP contribution in [0.15, 0.2) is 0 Å². The van der Waals surface area contributed by atoms with Crippen LogP contribution in [0.5, 0.6) is 0 Å². The number of nitrogens with two attached hydrogens (primary N) is 1. The normalized spacial score (nSPS) is 22.1. The summed E-state index contributed by atoms with van der Waals surface area (Å²) in [5.74, 6) is -0.236. The molecule has 1 saturated carbocycles. The second-order valence-corrected chi connectivity index (χ2v) is 6.25. The lowest BCUT2D eigenvalue weighted by Gasteiger charge is -2.39. The Morgan fingerprint density at radius 1 is 1.37 bits per heavy atom. The fourth-order valence-corrected chi connectivity index (χ4v) is 2.84. The maximum Gasteiger partial charge on any atom is 0.284 e. The highest BCUT2D eigenvalue weighted by Gasteiger charge is 2.38. The van der Waals surface area contributed by atoms with Crippen LogP contribution in [0, 0.1) is 5.92 Å². The Kier molecular flexibility index (Phi) is 3.84. The van der Waals surface area contributed by atoms with E-state index in [1.54, 1.807) is 11.9 Å². The van der Waals surface area contributed by atoms with Crippen LogP contribution in [0.1, 0.15) is 47.4 Å². The number of nitrogens with zero attached hydrogens (tertiary/aromatic N) is 3. The van der Waals surface area contributed by atoms with Gasteiger partial charge in [0.2, 0.25) is 10.9 Å². The first-order valence-electron chi connectivity index (χ1n) is 6.30. The SMILES string of the molecule is CC(C)c1nnc(C(=O)N(C)C2CC(C(N)=O)C2)s1. The Bertz CT molecular complexity index is 494. The van der Waals surface area contributed by atoms with Crippen LogP contribution in [0.3, 0.4) is 0 Å². The van der Waals surface area contributed by atoms with Gasteiger partial charge in [-0.05, 0) is 12.8 Å². The van der Waals surface area contributed by atoms with Crippen LogP contribution in [0.25, 0.3) is 0 Å². The third-order valence-electron chi connectivity index (χ3n) is 3.50. The maximum atomic E-state index is 12.2. The molecule has 104 valence electrons. The van der Waals surface area contributed by atoms with Crippen molar-refractivity contribution in [2.75, 3.05) is 7.05 Å². The van der Waals surface area contributed by atoms with E-state index in [1.165, 1.54) is 11.3 Å². The van der Waals surface area contributed by atoms with Crippen molar-refractivity contribution >= 4 is 23.2 Å². The molecule has 0 bridgehead atoms. The first-order chi connectivity index (χ1) is 8.90. The highest BCUT2D eigenvalue weighted by atomic mass is 32.1. The van der Waals surface area contributed by atoms with Crippen LogP contribution in [0.4, 0.5) is 0 Å². The number of carbonyl (C=O) groups is 2. The number of primary amides is 1. The molecule has 1 heterocycles. The lowest BCUT2D eigenvalue weighted by molar-refractivity contribution is -0.125. The first-order valence-corrected chi connectivity index (χ1v) is 7.11. The molecular weight excluding hydrogens is 264 g/mol. The molecule has 0 spiro atoms. The van der Waals surface area contributed by atoms with Crippen molar-refractivity contribution in [2.24, 2.45) is 11.7 Å². The highest BCUT2D eigenvalue weighted by Crippen LogP contribution is 2.32. The molecule has 7 heteroatoms. The predicted octanol–water partition coefficient (Wildman–Crippen LogP) is 0.997. The fourth-order valence-electron chi connectivity index (χ4n) is 2.01. The second kappa shape index (κ2) is 5.24. The summed E-state index contributed by atoms with van der Waals surface area (Å²) < 4.78 is 0. The van der Waals surface area contributed by atoms with Crippen LogP contribution in [0.2, 0.25) is 0 Å². The van der Waals surface area contributed by atoms with Gasteiger partial charge in [-0.3, -0.25) is 9.59 Å². The van der Waals surface area contributed by atoms with Crippen molar-refractivity contribution in [3.8, 4) is 0 Å². The smallest absolute Gasteiger partial charge is 0.284 e. The lowest BCUT2D eigenvalue weighted by Crippen LogP contribution is -2.49. The van der Waals surface area contributed by atoms with Gasteiger partial charge in [0.15, 0.2) is 0 Å². The van der Waals surface area contributed by atoms with E-state index < -0.39 is 0 Å². The number of rotatable bonds is 4. The Labute approximate surface area is 116 Å². The summed E-state index contributed by atoms with van der Waals surface area (Å²) in [6.45, 7) is 4.03. The number of hydrogen-bond acceptors (Lipinski definition) is 5. The molecule has 0 unspecified atom stereocenters. The molecule has 0 aromatic carbocycles. The van der Waals surface area contributed by atoms with Gasteiger partial charge in [0.1, 0.15) is 5.01 Å². The van der Waals surface area contributed by atoms with Crippen molar-refractivity contribution in [3.63, 3.8) is 0 Å². The minimum Gasteiger partial charge on any atom is -0.369 e. The van der Waals surface area contributed by atoms with Gasteiger partial charge in [0.25, 0.3) is 5.91 Å². The molecular formula is C12H18N4O2S. The Morgan fingerprint density at radius 3 is 2.47 bits per heavy atom. The Balaban J connectivity index is 1.98. The van der Waals surface area contributed by atoms with E-state index in [2.05, 4.69) is 10.2 Å². The van der Waals surface area contributed by atoms with E-state index in [9.17, 15) is 9.59 Å². The predicted molar refractivity (Wildman–Crippen MR) is 71.8 cm³/mol.